The van der Waals surface area contributed by atoms with Gasteiger partial charge in [0.1, 0.15) is 12.3 Å². The van der Waals surface area contributed by atoms with Crippen LogP contribution in [0.4, 0.5) is 18.0 Å². The van der Waals surface area contributed by atoms with E-state index in [9.17, 15) is 22.8 Å². The highest BCUT2D eigenvalue weighted by atomic mass is 19.4. The van der Waals surface area contributed by atoms with Crippen LogP contribution in [-0.4, -0.2) is 64.9 Å². The molecule has 2 aliphatic rings. The van der Waals surface area contributed by atoms with Crippen LogP contribution in [0.25, 0.3) is 0 Å². The first-order chi connectivity index (χ1) is 16.1. The number of hydrazone groups is 1. The molecule has 0 aliphatic carbocycles. The van der Waals surface area contributed by atoms with E-state index in [1.807, 2.05) is 31.2 Å². The minimum Gasteiger partial charge on any atom is -0.370 e. The average molecular weight is 475 g/mol. The Bertz CT molecular complexity index is 1090. The van der Waals surface area contributed by atoms with E-state index in [1.165, 1.54) is 11.1 Å². The van der Waals surface area contributed by atoms with Gasteiger partial charge in [0.25, 0.3) is 0 Å². The molecule has 8 nitrogen and oxygen atoms in total. The van der Waals surface area contributed by atoms with Gasteiger partial charge in [0, 0.05) is 12.7 Å². The normalized spacial score (nSPS) is 19.7. The van der Waals surface area contributed by atoms with Crippen LogP contribution in [0.3, 0.4) is 0 Å². The Kier molecular flexibility index (Phi) is 6.56. The number of nitrogens with one attached hydrogen (secondary N) is 1. The number of urea groups is 1. The molecule has 0 spiro atoms. The summed E-state index contributed by atoms with van der Waals surface area (Å²) >= 11 is 0. The van der Waals surface area contributed by atoms with Crippen LogP contribution >= 0.6 is 0 Å². The van der Waals surface area contributed by atoms with Crippen LogP contribution in [0.5, 0.6) is 0 Å². The van der Waals surface area contributed by atoms with Gasteiger partial charge < -0.3 is 15.0 Å². The number of ether oxygens (including phenoxy) is 1. The van der Waals surface area contributed by atoms with Crippen molar-refractivity contribution in [2.24, 2.45) is 5.10 Å². The molecule has 1 N–H and O–H groups in total. The maximum absolute atomic E-state index is 13.0. The van der Waals surface area contributed by atoms with Crippen molar-refractivity contribution in [3.63, 3.8) is 0 Å². The fourth-order valence-corrected chi connectivity index (χ4v) is 3.87. The summed E-state index contributed by atoms with van der Waals surface area (Å²) in [6.07, 6.45) is -3.44. The monoisotopic (exact) mass is 475 g/mol. The number of aryl methyl sites for hydroxylation is 1. The quantitative estimate of drug-likeness (QED) is 0.736. The second kappa shape index (κ2) is 9.41. The number of alkyl halides is 3. The number of hydrogen-bond acceptors (Lipinski definition) is 5. The molecule has 180 valence electrons. The molecular weight excluding hydrogens is 451 g/mol. The van der Waals surface area contributed by atoms with Gasteiger partial charge in [-0.3, -0.25) is 9.78 Å². The molecule has 1 unspecified atom stereocenters. The summed E-state index contributed by atoms with van der Waals surface area (Å²) in [6, 6.07) is 8.23. The average Bonchev–Trinajstić information content (AvgIpc) is 3.25. The number of pyridine rings is 1. The van der Waals surface area contributed by atoms with Crippen molar-refractivity contribution < 1.29 is 27.5 Å². The highest BCUT2D eigenvalue weighted by Gasteiger charge is 2.38. The topological polar surface area (TPSA) is 87.1 Å². The van der Waals surface area contributed by atoms with E-state index in [0.29, 0.717) is 24.4 Å². The van der Waals surface area contributed by atoms with E-state index in [-0.39, 0.29) is 19.1 Å². The summed E-state index contributed by atoms with van der Waals surface area (Å²) in [6.45, 7) is 4.51. The van der Waals surface area contributed by atoms with Crippen LogP contribution in [0.2, 0.25) is 0 Å². The molecule has 1 aromatic heterocycles. The standard InChI is InChI=1S/C23H24F3N5O3/c1-14-3-5-16(6-4-14)21-18(30-9-10-34-13-20(30)32)12-31(29-21)22(33)28-15(2)17-7-8-19(27-11-17)23(24,25)26/h3-8,11,15,18H,9-10,12-13H2,1-2H3,(H,28,33)/t15?,18-/m1/s1. The zero-order chi connectivity index (χ0) is 24.5. The molecule has 34 heavy (non-hydrogen) atoms. The molecule has 0 saturated carbocycles. The second-order valence-electron chi connectivity index (χ2n) is 8.23. The molecule has 1 saturated heterocycles. The summed E-state index contributed by atoms with van der Waals surface area (Å²) in [4.78, 5) is 30.6. The number of amides is 3. The number of benzene rings is 1. The third-order valence-corrected chi connectivity index (χ3v) is 5.79. The Morgan fingerprint density at radius 2 is 1.94 bits per heavy atom. The fraction of sp³-hybridized carbons (Fsp3) is 0.391. The van der Waals surface area contributed by atoms with Gasteiger partial charge in [0.05, 0.1) is 30.9 Å². The first kappa shape index (κ1) is 23.7. The number of hydrogen-bond donors (Lipinski definition) is 1. The van der Waals surface area contributed by atoms with E-state index >= 15 is 0 Å². The summed E-state index contributed by atoms with van der Waals surface area (Å²) < 4.78 is 43.5. The number of aromatic nitrogens is 1. The second-order valence-corrected chi connectivity index (χ2v) is 8.23. The van der Waals surface area contributed by atoms with Gasteiger partial charge in [-0.05, 0) is 31.0 Å². The lowest BCUT2D eigenvalue weighted by molar-refractivity contribution is -0.144. The van der Waals surface area contributed by atoms with Crippen LogP contribution in [0, 0.1) is 6.92 Å². The van der Waals surface area contributed by atoms with Gasteiger partial charge in [-0.1, -0.05) is 35.9 Å². The van der Waals surface area contributed by atoms with E-state index in [1.54, 1.807) is 11.8 Å². The zero-order valence-electron chi connectivity index (χ0n) is 18.7. The minimum atomic E-state index is -4.53. The Morgan fingerprint density at radius 1 is 1.21 bits per heavy atom. The first-order valence-corrected chi connectivity index (χ1v) is 10.8. The predicted octanol–water partition coefficient (Wildman–Crippen LogP) is 3.13. The number of nitrogens with zero attached hydrogens (tertiary/aromatic N) is 4. The Labute approximate surface area is 194 Å². The van der Waals surface area contributed by atoms with Gasteiger partial charge >= 0.3 is 12.2 Å². The number of carbonyl (C=O) groups is 2. The number of carbonyl (C=O) groups excluding carboxylic acids is 2. The lowest BCUT2D eigenvalue weighted by Crippen LogP contribution is -2.52. The lowest BCUT2D eigenvalue weighted by Gasteiger charge is -2.33. The summed E-state index contributed by atoms with van der Waals surface area (Å²) in [5, 5.41) is 8.50. The van der Waals surface area contributed by atoms with Gasteiger partial charge in [0.15, 0.2) is 0 Å². The van der Waals surface area contributed by atoms with Crippen LogP contribution in [-0.2, 0) is 15.7 Å². The van der Waals surface area contributed by atoms with Crippen LogP contribution < -0.4 is 5.32 Å². The molecule has 1 aromatic carbocycles. The van der Waals surface area contributed by atoms with Crippen molar-refractivity contribution in [3.8, 4) is 0 Å². The molecule has 1 fully saturated rings. The molecule has 11 heteroatoms. The molecule has 0 bridgehead atoms. The van der Waals surface area contributed by atoms with Crippen LogP contribution in [0.15, 0.2) is 47.7 Å². The Morgan fingerprint density at radius 3 is 2.56 bits per heavy atom. The minimum absolute atomic E-state index is 0.0260. The van der Waals surface area contributed by atoms with Crippen molar-refractivity contribution in [3.05, 3.63) is 65.0 Å². The smallest absolute Gasteiger partial charge is 0.370 e. The van der Waals surface area contributed by atoms with E-state index in [2.05, 4.69) is 15.4 Å². The Hall–Kier alpha value is -3.47. The van der Waals surface area contributed by atoms with Crippen molar-refractivity contribution in [1.29, 1.82) is 0 Å². The van der Waals surface area contributed by atoms with Gasteiger partial charge in [-0.2, -0.15) is 18.3 Å². The third-order valence-electron chi connectivity index (χ3n) is 5.79. The largest absolute Gasteiger partial charge is 0.433 e. The Balaban J connectivity index is 1.52. The molecular formula is C23H24F3N5O3. The highest BCUT2D eigenvalue weighted by molar-refractivity contribution is 6.08. The molecule has 2 aromatic rings. The maximum Gasteiger partial charge on any atom is 0.433 e. The van der Waals surface area contributed by atoms with Crippen molar-refractivity contribution in [1.82, 2.24) is 20.2 Å². The summed E-state index contributed by atoms with van der Waals surface area (Å²) in [5.41, 5.74) is 1.87. The summed E-state index contributed by atoms with van der Waals surface area (Å²) in [5.74, 6) is -0.178. The number of halogens is 3. The molecule has 2 aliphatic heterocycles. The molecule has 3 amide bonds. The van der Waals surface area contributed by atoms with Gasteiger partial charge in [-0.15, -0.1) is 0 Å². The van der Waals surface area contributed by atoms with E-state index in [0.717, 1.165) is 23.4 Å². The predicted molar refractivity (Wildman–Crippen MR) is 117 cm³/mol. The van der Waals surface area contributed by atoms with Crippen LogP contribution in [0.1, 0.15) is 35.3 Å². The number of rotatable bonds is 4. The summed E-state index contributed by atoms with van der Waals surface area (Å²) in [7, 11) is 0. The van der Waals surface area contributed by atoms with Gasteiger partial charge in [-0.25, -0.2) is 9.80 Å². The van der Waals surface area contributed by atoms with E-state index in [4.69, 9.17) is 4.74 Å². The third kappa shape index (κ3) is 5.04. The number of morpholine rings is 1. The first-order valence-electron chi connectivity index (χ1n) is 10.8. The molecule has 2 atom stereocenters. The lowest BCUT2D eigenvalue weighted by atomic mass is 10.0. The van der Waals surface area contributed by atoms with Gasteiger partial charge in [0.2, 0.25) is 5.91 Å². The molecule has 3 heterocycles. The molecule has 4 rings (SSSR count). The molecule has 0 radical (unpaired) electrons. The zero-order valence-corrected chi connectivity index (χ0v) is 18.7. The maximum atomic E-state index is 13.0. The highest BCUT2D eigenvalue weighted by Crippen LogP contribution is 2.28. The SMILES string of the molecule is Cc1ccc(C2=NN(C(=O)NC(C)c3ccc(C(F)(F)F)nc3)C[C@H]2N2CCOCC2=O)cc1. The van der Waals surface area contributed by atoms with E-state index < -0.39 is 30.0 Å². The van der Waals surface area contributed by atoms with Crippen molar-refractivity contribution in [2.75, 3.05) is 26.3 Å². The fourth-order valence-electron chi connectivity index (χ4n) is 3.87. The van der Waals surface area contributed by atoms with Crippen molar-refractivity contribution in [2.45, 2.75) is 32.1 Å². The van der Waals surface area contributed by atoms with Crippen molar-refractivity contribution >= 4 is 17.6 Å².